The number of hydrogen-bond donors (Lipinski definition) is 2. The van der Waals surface area contributed by atoms with Gasteiger partial charge in [0.25, 0.3) is 10.0 Å². The lowest BCUT2D eigenvalue weighted by Gasteiger charge is -2.07. The number of amidine groups is 1. The van der Waals surface area contributed by atoms with Crippen LogP contribution in [0.3, 0.4) is 0 Å². The number of halogens is 1. The third kappa shape index (κ3) is 5.90. The van der Waals surface area contributed by atoms with Gasteiger partial charge in [0.1, 0.15) is 5.84 Å². The van der Waals surface area contributed by atoms with Crippen LogP contribution in [0.15, 0.2) is 62.9 Å². The first-order valence-electron chi connectivity index (χ1n) is 9.64. The van der Waals surface area contributed by atoms with E-state index in [1.54, 1.807) is 24.3 Å². The standard InChI is InChI=1S/C21H24BrN3O3S/c22-18-10-5-3-8-16(18)13-15-23-20(26)12-2-1-7-14-24-21-17-9-4-6-11-19(17)29(27,28)25-21/h3-6,8-11H,1-2,7,12-15H2,(H,23,26)(H,24,25). The molecule has 0 unspecified atom stereocenters. The molecule has 0 saturated heterocycles. The van der Waals surface area contributed by atoms with Crippen LogP contribution in [-0.2, 0) is 21.2 Å². The molecule has 0 atom stereocenters. The minimum atomic E-state index is -3.48. The first kappa shape index (κ1) is 21.5. The summed E-state index contributed by atoms with van der Waals surface area (Å²) in [6.45, 7) is 1.14. The fourth-order valence-corrected chi connectivity index (χ4v) is 4.88. The number of sulfonamides is 1. The fraction of sp³-hybridized carbons (Fsp3) is 0.333. The monoisotopic (exact) mass is 477 g/mol. The fourth-order valence-electron chi connectivity index (χ4n) is 3.14. The van der Waals surface area contributed by atoms with Gasteiger partial charge in [0.2, 0.25) is 5.91 Å². The average molecular weight is 478 g/mol. The molecule has 0 bridgehead atoms. The molecule has 0 aromatic heterocycles. The predicted octanol–water partition coefficient (Wildman–Crippen LogP) is 3.41. The second kappa shape index (κ2) is 10.0. The van der Waals surface area contributed by atoms with Gasteiger partial charge in [-0.2, -0.15) is 0 Å². The topological polar surface area (TPSA) is 87.6 Å². The van der Waals surface area contributed by atoms with Crippen LogP contribution >= 0.6 is 15.9 Å². The van der Waals surface area contributed by atoms with Crippen molar-refractivity contribution in [3.63, 3.8) is 0 Å². The molecule has 2 aromatic rings. The van der Waals surface area contributed by atoms with Crippen molar-refractivity contribution in [2.45, 2.75) is 37.0 Å². The van der Waals surface area contributed by atoms with Crippen LogP contribution in [0.2, 0.25) is 0 Å². The number of carbonyl (C=O) groups excluding carboxylic acids is 1. The Morgan fingerprint density at radius 1 is 1.03 bits per heavy atom. The summed E-state index contributed by atoms with van der Waals surface area (Å²) in [6, 6.07) is 14.8. The third-order valence-electron chi connectivity index (χ3n) is 4.67. The average Bonchev–Trinajstić information content (AvgIpc) is 2.97. The van der Waals surface area contributed by atoms with Crippen LogP contribution in [0.1, 0.15) is 36.8 Å². The minimum absolute atomic E-state index is 0.0563. The lowest BCUT2D eigenvalue weighted by atomic mass is 10.1. The number of amides is 1. The molecule has 29 heavy (non-hydrogen) atoms. The van der Waals surface area contributed by atoms with Crippen molar-refractivity contribution in [2.24, 2.45) is 4.99 Å². The van der Waals surface area contributed by atoms with E-state index < -0.39 is 10.0 Å². The van der Waals surface area contributed by atoms with Gasteiger partial charge in [-0.1, -0.05) is 52.7 Å². The molecule has 0 aliphatic carbocycles. The minimum Gasteiger partial charge on any atom is -0.356 e. The van der Waals surface area contributed by atoms with Gasteiger partial charge in [-0.05, 0) is 43.0 Å². The molecular weight excluding hydrogens is 454 g/mol. The molecular formula is C21H24BrN3O3S. The molecule has 0 spiro atoms. The highest BCUT2D eigenvalue weighted by molar-refractivity contribution is 9.10. The molecule has 1 heterocycles. The van der Waals surface area contributed by atoms with Crippen LogP contribution in [0.5, 0.6) is 0 Å². The van der Waals surface area contributed by atoms with Crippen molar-refractivity contribution in [1.29, 1.82) is 0 Å². The summed E-state index contributed by atoms with van der Waals surface area (Å²) in [4.78, 5) is 16.6. The number of nitrogens with one attached hydrogen (secondary N) is 2. The van der Waals surface area contributed by atoms with E-state index >= 15 is 0 Å². The molecule has 6 nitrogen and oxygen atoms in total. The summed E-state index contributed by atoms with van der Waals surface area (Å²) >= 11 is 3.51. The second-order valence-electron chi connectivity index (χ2n) is 6.83. The molecule has 2 N–H and O–H groups in total. The zero-order chi connectivity index (χ0) is 20.7. The Hall–Kier alpha value is -2.19. The van der Waals surface area contributed by atoms with E-state index in [9.17, 15) is 13.2 Å². The number of aliphatic imine (C=N–C) groups is 1. The zero-order valence-corrected chi connectivity index (χ0v) is 18.4. The van der Waals surface area contributed by atoms with Gasteiger partial charge < -0.3 is 5.32 Å². The van der Waals surface area contributed by atoms with Crippen molar-refractivity contribution in [3.8, 4) is 0 Å². The van der Waals surface area contributed by atoms with Crippen LogP contribution in [0.4, 0.5) is 0 Å². The quantitative estimate of drug-likeness (QED) is 0.542. The van der Waals surface area contributed by atoms with E-state index in [1.165, 1.54) is 5.56 Å². The van der Waals surface area contributed by atoms with E-state index in [0.717, 1.165) is 30.2 Å². The largest absolute Gasteiger partial charge is 0.356 e. The van der Waals surface area contributed by atoms with Crippen LogP contribution in [0.25, 0.3) is 0 Å². The van der Waals surface area contributed by atoms with Gasteiger partial charge in [0.05, 0.1) is 4.90 Å². The normalized spacial score (nSPS) is 15.7. The highest BCUT2D eigenvalue weighted by Gasteiger charge is 2.29. The Morgan fingerprint density at radius 2 is 1.79 bits per heavy atom. The summed E-state index contributed by atoms with van der Waals surface area (Å²) in [7, 11) is -3.48. The smallest absolute Gasteiger partial charge is 0.263 e. The maximum Gasteiger partial charge on any atom is 0.263 e. The Kier molecular flexibility index (Phi) is 7.44. The SMILES string of the molecule is O=C(CCCCCN=C1NS(=O)(=O)c2ccccc21)NCCc1ccccc1Br. The number of nitrogens with zero attached hydrogens (tertiary/aromatic N) is 1. The van der Waals surface area contributed by atoms with Crippen molar-refractivity contribution in [1.82, 2.24) is 10.0 Å². The van der Waals surface area contributed by atoms with E-state index in [0.29, 0.717) is 30.9 Å². The summed E-state index contributed by atoms with van der Waals surface area (Å²) in [5, 5.41) is 2.95. The summed E-state index contributed by atoms with van der Waals surface area (Å²) in [5.41, 5.74) is 1.80. The number of rotatable bonds is 9. The zero-order valence-electron chi connectivity index (χ0n) is 16.0. The lowest BCUT2D eigenvalue weighted by Crippen LogP contribution is -2.25. The summed E-state index contributed by atoms with van der Waals surface area (Å²) in [5.74, 6) is 0.464. The van der Waals surface area contributed by atoms with Crippen molar-refractivity contribution < 1.29 is 13.2 Å². The van der Waals surface area contributed by atoms with E-state index in [1.807, 2.05) is 24.3 Å². The Labute approximate surface area is 180 Å². The second-order valence-corrected chi connectivity index (χ2v) is 9.34. The molecule has 154 valence electrons. The van der Waals surface area contributed by atoms with Crippen LogP contribution in [-0.4, -0.2) is 33.3 Å². The van der Waals surface area contributed by atoms with Gasteiger partial charge in [-0.15, -0.1) is 0 Å². The third-order valence-corrected chi connectivity index (χ3v) is 6.84. The first-order chi connectivity index (χ1) is 14.0. The predicted molar refractivity (Wildman–Crippen MR) is 117 cm³/mol. The molecule has 1 aliphatic heterocycles. The van der Waals surface area contributed by atoms with Crippen molar-refractivity contribution >= 4 is 37.7 Å². The molecule has 1 amide bonds. The maximum atomic E-state index is 12.0. The molecule has 2 aromatic carbocycles. The number of benzene rings is 2. The van der Waals surface area contributed by atoms with Gasteiger partial charge in [0, 0.05) is 29.5 Å². The Morgan fingerprint density at radius 3 is 2.62 bits per heavy atom. The lowest BCUT2D eigenvalue weighted by molar-refractivity contribution is -0.121. The highest BCUT2D eigenvalue weighted by Crippen LogP contribution is 2.22. The van der Waals surface area contributed by atoms with Crippen molar-refractivity contribution in [2.75, 3.05) is 13.1 Å². The maximum absolute atomic E-state index is 12.0. The molecule has 0 saturated carbocycles. The van der Waals surface area contributed by atoms with Gasteiger partial charge in [-0.25, -0.2) is 8.42 Å². The molecule has 3 rings (SSSR count). The number of hydrogen-bond acceptors (Lipinski definition) is 4. The Bertz CT molecular complexity index is 1010. The first-order valence-corrected chi connectivity index (χ1v) is 11.9. The number of fused-ring (bicyclic) bond motifs is 1. The van der Waals surface area contributed by atoms with Crippen molar-refractivity contribution in [3.05, 3.63) is 64.1 Å². The van der Waals surface area contributed by atoms with Gasteiger partial charge in [0.15, 0.2) is 0 Å². The number of carbonyl (C=O) groups is 1. The molecule has 8 heteroatoms. The molecule has 1 aliphatic rings. The highest BCUT2D eigenvalue weighted by atomic mass is 79.9. The summed E-state index contributed by atoms with van der Waals surface area (Å²) < 4.78 is 27.6. The van der Waals surface area contributed by atoms with E-state index in [4.69, 9.17) is 0 Å². The Balaban J connectivity index is 1.33. The van der Waals surface area contributed by atoms with Crippen LogP contribution in [0, 0.1) is 0 Å². The van der Waals surface area contributed by atoms with Crippen LogP contribution < -0.4 is 10.0 Å². The van der Waals surface area contributed by atoms with Gasteiger partial charge in [-0.3, -0.25) is 14.5 Å². The van der Waals surface area contributed by atoms with Gasteiger partial charge >= 0.3 is 0 Å². The van der Waals surface area contributed by atoms with E-state index in [2.05, 4.69) is 31.0 Å². The molecule has 0 radical (unpaired) electrons. The summed E-state index contributed by atoms with van der Waals surface area (Å²) in [6.07, 6.45) is 3.73. The molecule has 0 fully saturated rings. The number of unbranched alkanes of at least 4 members (excludes halogenated alkanes) is 2. The van der Waals surface area contributed by atoms with E-state index in [-0.39, 0.29) is 10.8 Å².